The molecular formula is C16H14N6O3. The fraction of sp³-hybridized carbons (Fsp3) is 0.188. The molecule has 0 atom stereocenters. The second-order valence-corrected chi connectivity index (χ2v) is 5.16. The van der Waals surface area contributed by atoms with Crippen molar-refractivity contribution in [3.05, 3.63) is 58.8 Å². The van der Waals surface area contributed by atoms with E-state index in [1.807, 2.05) is 16.8 Å². The van der Waals surface area contributed by atoms with Crippen molar-refractivity contribution in [1.29, 1.82) is 5.26 Å². The number of nitro benzene ring substituents is 1. The highest BCUT2D eigenvalue weighted by molar-refractivity contribution is 5.68. The summed E-state index contributed by atoms with van der Waals surface area (Å²) < 4.78 is 7.49. The van der Waals surface area contributed by atoms with Gasteiger partial charge in [-0.25, -0.2) is 4.98 Å². The highest BCUT2D eigenvalue weighted by atomic mass is 16.6. The molecule has 0 radical (unpaired) electrons. The summed E-state index contributed by atoms with van der Waals surface area (Å²) >= 11 is 0. The van der Waals surface area contributed by atoms with Crippen LogP contribution in [0.3, 0.4) is 0 Å². The molecule has 9 heteroatoms. The van der Waals surface area contributed by atoms with E-state index in [0.717, 1.165) is 13.0 Å². The van der Waals surface area contributed by atoms with E-state index in [1.54, 1.807) is 24.7 Å². The van der Waals surface area contributed by atoms with Gasteiger partial charge >= 0.3 is 0 Å². The van der Waals surface area contributed by atoms with E-state index in [2.05, 4.69) is 15.3 Å². The number of hydrogen-bond donors (Lipinski definition) is 1. The summed E-state index contributed by atoms with van der Waals surface area (Å²) in [6, 6.07) is 8.05. The van der Waals surface area contributed by atoms with Gasteiger partial charge in [-0.15, -0.1) is 0 Å². The molecule has 3 aromatic rings. The first-order chi connectivity index (χ1) is 12.2. The number of nitrogens with zero attached hydrogens (tertiary/aromatic N) is 5. The van der Waals surface area contributed by atoms with E-state index in [4.69, 9.17) is 4.42 Å². The number of nitriles is 1. The Morgan fingerprint density at radius 2 is 2.24 bits per heavy atom. The number of aromatic nitrogens is 3. The van der Waals surface area contributed by atoms with Crippen molar-refractivity contribution in [2.24, 2.45) is 0 Å². The first-order valence-electron chi connectivity index (χ1n) is 7.53. The molecule has 9 nitrogen and oxygen atoms in total. The van der Waals surface area contributed by atoms with Gasteiger partial charge in [-0.1, -0.05) is 12.1 Å². The number of nitrogens with one attached hydrogen (secondary N) is 1. The zero-order chi connectivity index (χ0) is 17.6. The molecule has 126 valence electrons. The molecule has 0 bridgehead atoms. The Labute approximate surface area is 142 Å². The monoisotopic (exact) mass is 338 g/mol. The molecule has 3 rings (SSSR count). The summed E-state index contributed by atoms with van der Waals surface area (Å²) in [4.78, 5) is 18.6. The Morgan fingerprint density at radius 1 is 1.40 bits per heavy atom. The Balaban J connectivity index is 1.74. The van der Waals surface area contributed by atoms with E-state index in [1.165, 1.54) is 12.1 Å². The summed E-state index contributed by atoms with van der Waals surface area (Å²) in [5.41, 5.74) is 0.172. The van der Waals surface area contributed by atoms with Crippen LogP contribution < -0.4 is 5.32 Å². The molecule has 0 spiro atoms. The van der Waals surface area contributed by atoms with Crippen LogP contribution in [-0.2, 0) is 6.54 Å². The molecule has 0 unspecified atom stereocenters. The molecular weight excluding hydrogens is 324 g/mol. The van der Waals surface area contributed by atoms with Crippen molar-refractivity contribution in [3.8, 4) is 17.5 Å². The maximum absolute atomic E-state index is 11.1. The van der Waals surface area contributed by atoms with E-state index in [9.17, 15) is 15.4 Å². The zero-order valence-electron chi connectivity index (χ0n) is 13.1. The smallest absolute Gasteiger partial charge is 0.282 e. The van der Waals surface area contributed by atoms with E-state index in [-0.39, 0.29) is 28.7 Å². The lowest BCUT2D eigenvalue weighted by molar-refractivity contribution is -0.384. The molecule has 2 aromatic heterocycles. The zero-order valence-corrected chi connectivity index (χ0v) is 13.1. The molecule has 0 aliphatic carbocycles. The van der Waals surface area contributed by atoms with E-state index in [0.29, 0.717) is 6.54 Å². The molecule has 0 saturated heterocycles. The molecule has 0 fully saturated rings. The van der Waals surface area contributed by atoms with Crippen molar-refractivity contribution in [3.63, 3.8) is 0 Å². The van der Waals surface area contributed by atoms with Crippen molar-refractivity contribution >= 4 is 11.6 Å². The second kappa shape index (κ2) is 7.27. The fourth-order valence-electron chi connectivity index (χ4n) is 2.33. The largest absolute Gasteiger partial charge is 0.419 e. The van der Waals surface area contributed by atoms with Gasteiger partial charge < -0.3 is 14.3 Å². The second-order valence-electron chi connectivity index (χ2n) is 5.16. The lowest BCUT2D eigenvalue weighted by Gasteiger charge is -2.03. The summed E-state index contributed by atoms with van der Waals surface area (Å²) in [5.74, 6) is 0.252. The van der Waals surface area contributed by atoms with E-state index >= 15 is 0 Å². The highest BCUT2D eigenvalue weighted by Gasteiger charge is 2.21. The minimum atomic E-state index is -0.510. The molecule has 0 amide bonds. The van der Waals surface area contributed by atoms with Crippen molar-refractivity contribution < 1.29 is 9.34 Å². The van der Waals surface area contributed by atoms with Gasteiger partial charge in [-0.2, -0.15) is 10.2 Å². The Bertz CT molecular complexity index is 910. The van der Waals surface area contributed by atoms with E-state index < -0.39 is 4.92 Å². The first kappa shape index (κ1) is 16.2. The molecule has 1 aromatic carbocycles. The van der Waals surface area contributed by atoms with Crippen LogP contribution in [-0.4, -0.2) is 26.0 Å². The SMILES string of the molecule is N#Cc1nc(-c2ccccc2[N+](=O)[O-])oc1NCCCn1ccnc1. The van der Waals surface area contributed by atoms with Crippen LogP contribution in [0, 0.1) is 21.4 Å². The summed E-state index contributed by atoms with van der Waals surface area (Å²) in [6.45, 7) is 1.32. The summed E-state index contributed by atoms with van der Waals surface area (Å²) in [6.07, 6.45) is 6.07. The van der Waals surface area contributed by atoms with Gasteiger partial charge in [0.2, 0.25) is 17.5 Å². The summed E-state index contributed by atoms with van der Waals surface area (Å²) in [5, 5.41) is 23.3. The first-order valence-corrected chi connectivity index (χ1v) is 7.53. The number of oxazole rings is 1. The molecule has 2 heterocycles. The number of hydrogen-bond acceptors (Lipinski definition) is 7. The molecule has 0 aliphatic heterocycles. The Hall–Kier alpha value is -3.67. The Morgan fingerprint density at radius 3 is 2.96 bits per heavy atom. The van der Waals surface area contributed by atoms with Crippen LogP contribution in [0.5, 0.6) is 0 Å². The lowest BCUT2D eigenvalue weighted by atomic mass is 10.2. The maximum atomic E-state index is 11.1. The average Bonchev–Trinajstić information content (AvgIpc) is 3.28. The minimum Gasteiger partial charge on any atom is -0.419 e. The quantitative estimate of drug-likeness (QED) is 0.399. The van der Waals surface area contributed by atoms with Crippen LogP contribution in [0.25, 0.3) is 11.5 Å². The molecule has 25 heavy (non-hydrogen) atoms. The number of anilines is 1. The van der Waals surface area contributed by atoms with Crippen molar-refractivity contribution in [2.45, 2.75) is 13.0 Å². The van der Waals surface area contributed by atoms with Crippen molar-refractivity contribution in [2.75, 3.05) is 11.9 Å². The standard InChI is InChI=1S/C16H14N6O3/c17-10-13-16(19-6-3-8-21-9-7-18-11-21)25-15(20-13)12-4-1-2-5-14(12)22(23)24/h1-2,4-5,7,9,11,19H,3,6,8H2. The number of para-hydroxylation sites is 1. The van der Waals surface area contributed by atoms with Gasteiger partial charge in [0, 0.05) is 31.5 Å². The normalized spacial score (nSPS) is 10.4. The van der Waals surface area contributed by atoms with Gasteiger partial charge in [-0.3, -0.25) is 10.1 Å². The summed E-state index contributed by atoms with van der Waals surface area (Å²) in [7, 11) is 0. The maximum Gasteiger partial charge on any atom is 0.282 e. The van der Waals surface area contributed by atoms with Crippen LogP contribution in [0.15, 0.2) is 47.4 Å². The predicted octanol–water partition coefficient (Wildman–Crippen LogP) is 2.82. The number of nitro groups is 1. The van der Waals surface area contributed by atoms with Gasteiger partial charge in [0.25, 0.3) is 5.69 Å². The van der Waals surface area contributed by atoms with Gasteiger partial charge in [0.1, 0.15) is 11.6 Å². The van der Waals surface area contributed by atoms with Crippen LogP contribution in [0.2, 0.25) is 0 Å². The van der Waals surface area contributed by atoms with Crippen LogP contribution in [0.4, 0.5) is 11.6 Å². The number of imidazole rings is 1. The van der Waals surface area contributed by atoms with Crippen molar-refractivity contribution in [1.82, 2.24) is 14.5 Å². The van der Waals surface area contributed by atoms with Crippen LogP contribution in [0.1, 0.15) is 12.1 Å². The topological polar surface area (TPSA) is 123 Å². The molecule has 0 aliphatic rings. The number of aryl methyl sites for hydroxylation is 1. The number of rotatable bonds is 7. The van der Waals surface area contributed by atoms with Gasteiger partial charge in [-0.05, 0) is 12.5 Å². The lowest BCUT2D eigenvalue weighted by Crippen LogP contribution is -2.06. The Kier molecular flexibility index (Phi) is 4.71. The average molecular weight is 338 g/mol. The third-order valence-corrected chi connectivity index (χ3v) is 3.50. The fourth-order valence-corrected chi connectivity index (χ4v) is 2.33. The molecule has 0 saturated carbocycles. The number of benzene rings is 1. The molecule has 1 N–H and O–H groups in total. The highest BCUT2D eigenvalue weighted by Crippen LogP contribution is 2.31. The third kappa shape index (κ3) is 3.64. The van der Waals surface area contributed by atoms with Gasteiger partial charge in [0.05, 0.1) is 11.3 Å². The van der Waals surface area contributed by atoms with Gasteiger partial charge in [0.15, 0.2) is 0 Å². The predicted molar refractivity (Wildman–Crippen MR) is 88.6 cm³/mol. The van der Waals surface area contributed by atoms with Crippen LogP contribution >= 0.6 is 0 Å². The minimum absolute atomic E-state index is 0.0426. The third-order valence-electron chi connectivity index (χ3n) is 3.50.